The zero-order valence-corrected chi connectivity index (χ0v) is 22.4. The summed E-state index contributed by atoms with van der Waals surface area (Å²) in [6.45, 7) is 5.76. The minimum atomic E-state index is 0.447. The maximum absolute atomic E-state index is 4.76. The largest absolute Gasteiger partial charge is 0.342 e. The fraction of sp³-hybridized carbons (Fsp3) is 0.353. The van der Waals surface area contributed by atoms with Crippen LogP contribution in [0.4, 0.5) is 0 Å². The first-order valence-electron chi connectivity index (χ1n) is 14.3. The van der Waals surface area contributed by atoms with E-state index >= 15 is 0 Å². The molecule has 38 heavy (non-hydrogen) atoms. The molecule has 2 N–H and O–H groups in total. The van der Waals surface area contributed by atoms with Crippen LogP contribution in [0.3, 0.4) is 0 Å². The molecule has 0 spiro atoms. The average Bonchev–Trinajstić information content (AvgIpc) is 3.75. The Morgan fingerprint density at radius 1 is 0.763 bits per heavy atom. The van der Waals surface area contributed by atoms with Gasteiger partial charge in [0.2, 0.25) is 0 Å². The van der Waals surface area contributed by atoms with Gasteiger partial charge in [-0.25, -0.2) is 4.98 Å². The molecule has 1 aromatic heterocycles. The van der Waals surface area contributed by atoms with Gasteiger partial charge in [0.05, 0.1) is 11.9 Å². The van der Waals surface area contributed by atoms with Crippen molar-refractivity contribution in [1.82, 2.24) is 15.3 Å². The zero-order chi connectivity index (χ0) is 25.6. The molecule has 3 heterocycles. The predicted molar refractivity (Wildman–Crippen MR) is 158 cm³/mol. The molecule has 1 aliphatic carbocycles. The molecular weight excluding hydrogens is 464 g/mol. The third-order valence-electron chi connectivity index (χ3n) is 8.93. The normalized spacial score (nSPS) is 25.2. The lowest BCUT2D eigenvalue weighted by Crippen LogP contribution is -2.29. The Labute approximate surface area is 225 Å². The predicted octanol–water partition coefficient (Wildman–Crippen LogP) is 7.98. The molecule has 3 aromatic carbocycles. The average molecular weight is 501 g/mol. The molecule has 7 rings (SSSR count). The molecule has 4 heteroatoms. The number of H-pyrrole nitrogens is 1. The number of fused-ring (bicyclic) bond motifs is 1. The van der Waals surface area contributed by atoms with Crippen molar-refractivity contribution < 1.29 is 0 Å². The van der Waals surface area contributed by atoms with E-state index in [1.807, 2.05) is 6.20 Å². The quantitative estimate of drug-likeness (QED) is 0.292. The molecule has 192 valence electrons. The molecular formula is C34H36N4. The molecule has 0 bridgehead atoms. The van der Waals surface area contributed by atoms with E-state index in [9.17, 15) is 0 Å². The van der Waals surface area contributed by atoms with Gasteiger partial charge < -0.3 is 10.3 Å². The van der Waals surface area contributed by atoms with Crippen LogP contribution in [-0.4, -0.2) is 28.3 Å². The van der Waals surface area contributed by atoms with Gasteiger partial charge in [0.25, 0.3) is 0 Å². The van der Waals surface area contributed by atoms with Gasteiger partial charge in [0.1, 0.15) is 5.82 Å². The Hall–Kier alpha value is -3.50. The van der Waals surface area contributed by atoms with E-state index in [2.05, 4.69) is 91.0 Å². The summed E-state index contributed by atoms with van der Waals surface area (Å²) in [5, 5.41) is 6.14. The third kappa shape index (κ3) is 4.52. The summed E-state index contributed by atoms with van der Waals surface area (Å²) in [5.74, 6) is 3.29. The number of aromatic amines is 1. The molecule has 4 nitrogen and oxygen atoms in total. The van der Waals surface area contributed by atoms with Gasteiger partial charge in [0.15, 0.2) is 0 Å². The third-order valence-corrected chi connectivity index (χ3v) is 8.93. The summed E-state index contributed by atoms with van der Waals surface area (Å²) < 4.78 is 0. The number of aliphatic imine (C=N–C) groups is 1. The maximum atomic E-state index is 4.76. The van der Waals surface area contributed by atoms with Gasteiger partial charge in [-0.15, -0.1) is 0 Å². The van der Waals surface area contributed by atoms with E-state index in [-0.39, 0.29) is 0 Å². The maximum Gasteiger partial charge on any atom is 0.109 e. The van der Waals surface area contributed by atoms with Crippen molar-refractivity contribution in [3.8, 4) is 22.4 Å². The van der Waals surface area contributed by atoms with Gasteiger partial charge in [0, 0.05) is 35.9 Å². The molecule has 3 aliphatic rings. The lowest BCUT2D eigenvalue weighted by molar-refractivity contribution is 0.588. The van der Waals surface area contributed by atoms with E-state index in [1.165, 1.54) is 70.0 Å². The standard InChI is InChI=1S/C34H36N4/c1-21-3-4-29(13-21)34-37-20-33(38-34)28-12-11-26-15-25(9-10-27(26)16-28)23-5-7-24(8-6-23)30-17-32(36-19-30)31-14-22(2)18-35-31/h5-12,15-16,19-22,29,31,35H,3-4,13-14,17-18H2,1-2H3,(H,37,38)/t21-,22+,29+,31+/m1/s1. The van der Waals surface area contributed by atoms with Crippen LogP contribution in [0.2, 0.25) is 0 Å². The number of allylic oxidation sites excluding steroid dienone is 1. The molecule has 2 fully saturated rings. The van der Waals surface area contributed by atoms with E-state index in [0.717, 1.165) is 36.3 Å². The van der Waals surface area contributed by atoms with E-state index in [0.29, 0.717) is 12.0 Å². The van der Waals surface area contributed by atoms with Crippen molar-refractivity contribution in [2.45, 2.75) is 57.9 Å². The van der Waals surface area contributed by atoms with Crippen LogP contribution in [0.5, 0.6) is 0 Å². The van der Waals surface area contributed by atoms with Crippen molar-refractivity contribution in [3.63, 3.8) is 0 Å². The second-order valence-corrected chi connectivity index (χ2v) is 11.9. The van der Waals surface area contributed by atoms with Crippen molar-refractivity contribution in [1.29, 1.82) is 0 Å². The second kappa shape index (κ2) is 9.67. The van der Waals surface area contributed by atoms with Crippen molar-refractivity contribution in [3.05, 3.63) is 84.4 Å². The lowest BCUT2D eigenvalue weighted by atomic mass is 9.95. The summed E-state index contributed by atoms with van der Waals surface area (Å²) in [7, 11) is 0. The van der Waals surface area contributed by atoms with Gasteiger partial charge >= 0.3 is 0 Å². The SMILES string of the molecule is C[C@@H]1CC[C@H](c2ncc(-c3ccc4cc(-c5ccc(C6=CN=C([C@@H]7C[C@H](C)CN7)C6)cc5)ccc4c3)[nH]2)C1. The van der Waals surface area contributed by atoms with Crippen molar-refractivity contribution in [2.75, 3.05) is 6.54 Å². The topological polar surface area (TPSA) is 53.1 Å². The van der Waals surface area contributed by atoms with Crippen LogP contribution in [-0.2, 0) is 0 Å². The van der Waals surface area contributed by atoms with Gasteiger partial charge in [-0.3, -0.25) is 4.99 Å². The summed E-state index contributed by atoms with van der Waals surface area (Å²) in [6, 6.07) is 22.9. The fourth-order valence-corrected chi connectivity index (χ4v) is 6.62. The highest BCUT2D eigenvalue weighted by Gasteiger charge is 2.27. The summed E-state index contributed by atoms with van der Waals surface area (Å²) in [6.07, 6.45) is 10.0. The number of imidazole rings is 1. The van der Waals surface area contributed by atoms with Gasteiger partial charge in [-0.05, 0) is 89.2 Å². The smallest absolute Gasteiger partial charge is 0.109 e. The Morgan fingerprint density at radius 3 is 2.24 bits per heavy atom. The highest BCUT2D eigenvalue weighted by Crippen LogP contribution is 2.37. The number of hydrogen-bond donors (Lipinski definition) is 2. The van der Waals surface area contributed by atoms with Crippen LogP contribution in [0, 0.1) is 11.8 Å². The lowest BCUT2D eigenvalue weighted by Gasteiger charge is -2.11. The Balaban J connectivity index is 1.06. The highest BCUT2D eigenvalue weighted by atomic mass is 15.0. The second-order valence-electron chi connectivity index (χ2n) is 11.9. The monoisotopic (exact) mass is 500 g/mol. The first-order valence-corrected chi connectivity index (χ1v) is 14.3. The van der Waals surface area contributed by atoms with Crippen molar-refractivity contribution in [2.24, 2.45) is 16.8 Å². The zero-order valence-electron chi connectivity index (χ0n) is 22.4. The number of hydrogen-bond acceptors (Lipinski definition) is 3. The molecule has 4 aromatic rings. The van der Waals surface area contributed by atoms with Crippen LogP contribution in [0.1, 0.15) is 63.3 Å². The van der Waals surface area contributed by atoms with E-state index < -0.39 is 0 Å². The van der Waals surface area contributed by atoms with Gasteiger partial charge in [-0.2, -0.15) is 0 Å². The summed E-state index contributed by atoms with van der Waals surface area (Å²) in [4.78, 5) is 13.1. The Morgan fingerprint density at radius 2 is 1.50 bits per heavy atom. The molecule has 0 amide bonds. The van der Waals surface area contributed by atoms with Gasteiger partial charge in [-0.1, -0.05) is 62.4 Å². The van der Waals surface area contributed by atoms with Crippen LogP contribution in [0.25, 0.3) is 38.7 Å². The van der Waals surface area contributed by atoms with Crippen LogP contribution >= 0.6 is 0 Å². The highest BCUT2D eigenvalue weighted by molar-refractivity contribution is 6.01. The first-order chi connectivity index (χ1) is 18.6. The Kier molecular flexibility index (Phi) is 6.01. The molecule has 4 atom stereocenters. The molecule has 1 saturated heterocycles. The summed E-state index contributed by atoms with van der Waals surface area (Å²) >= 11 is 0. The molecule has 0 unspecified atom stereocenters. The number of benzene rings is 3. The first kappa shape index (κ1) is 23.6. The Bertz CT molecular complexity index is 1540. The number of nitrogens with zero attached hydrogens (tertiary/aromatic N) is 2. The summed E-state index contributed by atoms with van der Waals surface area (Å²) in [5.41, 5.74) is 8.70. The van der Waals surface area contributed by atoms with E-state index in [1.54, 1.807) is 0 Å². The molecule has 1 saturated carbocycles. The minimum Gasteiger partial charge on any atom is -0.342 e. The van der Waals surface area contributed by atoms with Crippen LogP contribution in [0.15, 0.2) is 78.1 Å². The molecule has 2 aliphatic heterocycles. The minimum absolute atomic E-state index is 0.447. The molecule has 0 radical (unpaired) electrons. The number of aromatic nitrogens is 2. The van der Waals surface area contributed by atoms with Crippen LogP contribution < -0.4 is 5.32 Å². The fourth-order valence-electron chi connectivity index (χ4n) is 6.62. The number of rotatable bonds is 5. The number of nitrogens with one attached hydrogen (secondary N) is 2. The van der Waals surface area contributed by atoms with Crippen molar-refractivity contribution >= 4 is 22.1 Å². The van der Waals surface area contributed by atoms with E-state index in [4.69, 9.17) is 9.98 Å².